The summed E-state index contributed by atoms with van der Waals surface area (Å²) in [5.74, 6) is 0.992. The van der Waals surface area contributed by atoms with E-state index in [0.717, 1.165) is 17.7 Å². The number of hydrogen-bond donors (Lipinski definition) is 0. The molecule has 4 heteroatoms. The van der Waals surface area contributed by atoms with Crippen molar-refractivity contribution in [1.82, 2.24) is 4.57 Å². The van der Waals surface area contributed by atoms with Crippen molar-refractivity contribution >= 4 is 16.9 Å². The largest absolute Gasteiger partial charge is 0.497 e. The van der Waals surface area contributed by atoms with Crippen LogP contribution in [0.4, 0.5) is 0 Å². The van der Waals surface area contributed by atoms with Gasteiger partial charge in [0.1, 0.15) is 5.75 Å². The van der Waals surface area contributed by atoms with Gasteiger partial charge in [0.25, 0.3) is 0 Å². The number of carbonyl (C=O) groups is 1. The monoisotopic (exact) mass is 259 g/mol. The molecule has 1 fully saturated rings. The van der Waals surface area contributed by atoms with Gasteiger partial charge in [-0.1, -0.05) is 0 Å². The maximum absolute atomic E-state index is 11.5. The summed E-state index contributed by atoms with van der Waals surface area (Å²) in [6.45, 7) is 0.518. The van der Waals surface area contributed by atoms with Crippen LogP contribution in [0.3, 0.4) is 0 Å². The second-order valence-electron chi connectivity index (χ2n) is 4.99. The van der Waals surface area contributed by atoms with Gasteiger partial charge in [0.15, 0.2) is 0 Å². The molecule has 100 valence electrons. The number of ether oxygens (including phenoxy) is 2. The quantitative estimate of drug-likeness (QED) is 0.778. The number of rotatable bonds is 2. The van der Waals surface area contributed by atoms with Crippen molar-refractivity contribution in [2.45, 2.75) is 18.8 Å². The molecule has 4 nitrogen and oxygen atoms in total. The van der Waals surface area contributed by atoms with Crippen molar-refractivity contribution in [3.05, 3.63) is 30.0 Å². The standard InChI is InChI=1S/C15H17NO3/c1-16-9-13(10-5-6-19-15(17)7-10)12-8-11(18-2)3-4-14(12)16/h3-4,8-10H,5-7H2,1-2H3/t10-/m0/s1. The number of nitrogens with zero attached hydrogens (tertiary/aromatic N) is 1. The zero-order valence-corrected chi connectivity index (χ0v) is 11.2. The van der Waals surface area contributed by atoms with Crippen LogP contribution in [0.1, 0.15) is 24.3 Å². The molecule has 0 spiro atoms. The van der Waals surface area contributed by atoms with Crippen LogP contribution in [0.15, 0.2) is 24.4 Å². The predicted molar refractivity (Wildman–Crippen MR) is 72.4 cm³/mol. The molecule has 1 saturated heterocycles. The molecule has 1 aliphatic heterocycles. The van der Waals surface area contributed by atoms with Crippen LogP contribution in [-0.2, 0) is 16.6 Å². The molecule has 0 saturated carbocycles. The van der Waals surface area contributed by atoms with Gasteiger partial charge in [-0.15, -0.1) is 0 Å². The van der Waals surface area contributed by atoms with E-state index in [1.165, 1.54) is 10.9 Å². The van der Waals surface area contributed by atoms with Crippen LogP contribution < -0.4 is 4.74 Å². The van der Waals surface area contributed by atoms with E-state index in [4.69, 9.17) is 9.47 Å². The summed E-state index contributed by atoms with van der Waals surface area (Å²) in [7, 11) is 3.70. The number of aryl methyl sites for hydroxylation is 1. The Morgan fingerprint density at radius 1 is 1.42 bits per heavy atom. The summed E-state index contributed by atoms with van der Waals surface area (Å²) in [4.78, 5) is 11.5. The van der Waals surface area contributed by atoms with Gasteiger partial charge in [-0.25, -0.2) is 0 Å². The van der Waals surface area contributed by atoms with Crippen molar-refractivity contribution in [3.63, 3.8) is 0 Å². The fourth-order valence-corrected chi connectivity index (χ4v) is 2.80. The number of cyclic esters (lactones) is 1. The maximum atomic E-state index is 11.5. The number of carbonyl (C=O) groups excluding carboxylic acids is 1. The third kappa shape index (κ3) is 2.07. The minimum Gasteiger partial charge on any atom is -0.497 e. The van der Waals surface area contributed by atoms with E-state index < -0.39 is 0 Å². The maximum Gasteiger partial charge on any atom is 0.306 e. The molecule has 0 aliphatic carbocycles. The molecular weight excluding hydrogens is 242 g/mol. The molecule has 0 unspecified atom stereocenters. The number of benzene rings is 1. The summed E-state index contributed by atoms with van der Waals surface area (Å²) in [6, 6.07) is 6.06. The summed E-state index contributed by atoms with van der Waals surface area (Å²) >= 11 is 0. The molecule has 1 aromatic carbocycles. The highest BCUT2D eigenvalue weighted by molar-refractivity contribution is 5.86. The van der Waals surface area contributed by atoms with Crippen molar-refractivity contribution in [1.29, 1.82) is 0 Å². The van der Waals surface area contributed by atoms with Gasteiger partial charge in [0.2, 0.25) is 0 Å². The van der Waals surface area contributed by atoms with E-state index in [0.29, 0.717) is 13.0 Å². The highest BCUT2D eigenvalue weighted by Gasteiger charge is 2.25. The molecule has 0 N–H and O–H groups in total. The lowest BCUT2D eigenvalue weighted by molar-refractivity contribution is -0.147. The third-order valence-corrected chi connectivity index (χ3v) is 3.81. The zero-order valence-electron chi connectivity index (χ0n) is 11.2. The number of esters is 1. The van der Waals surface area contributed by atoms with Crippen molar-refractivity contribution < 1.29 is 14.3 Å². The number of fused-ring (bicyclic) bond motifs is 1. The van der Waals surface area contributed by atoms with Gasteiger partial charge in [-0.3, -0.25) is 4.79 Å². The van der Waals surface area contributed by atoms with E-state index in [1.54, 1.807) is 7.11 Å². The molecule has 19 heavy (non-hydrogen) atoms. The first kappa shape index (κ1) is 12.1. The molecule has 3 rings (SSSR count). The number of methoxy groups -OCH3 is 1. The van der Waals surface area contributed by atoms with Gasteiger partial charge in [0.05, 0.1) is 20.1 Å². The Labute approximate surface area is 111 Å². The third-order valence-electron chi connectivity index (χ3n) is 3.81. The Kier molecular flexibility index (Phi) is 2.93. The van der Waals surface area contributed by atoms with Gasteiger partial charge in [-0.05, 0) is 36.1 Å². The van der Waals surface area contributed by atoms with Crippen LogP contribution in [-0.4, -0.2) is 24.3 Å². The van der Waals surface area contributed by atoms with Gasteiger partial charge in [-0.2, -0.15) is 0 Å². The van der Waals surface area contributed by atoms with Gasteiger partial charge < -0.3 is 14.0 Å². The number of aromatic nitrogens is 1. The average molecular weight is 259 g/mol. The summed E-state index contributed by atoms with van der Waals surface area (Å²) in [5, 5.41) is 1.17. The normalized spacial score (nSPS) is 19.5. The Morgan fingerprint density at radius 2 is 2.26 bits per heavy atom. The van der Waals surface area contributed by atoms with Gasteiger partial charge in [0, 0.05) is 24.1 Å². The van der Waals surface area contributed by atoms with Crippen molar-refractivity contribution in [3.8, 4) is 5.75 Å². The van der Waals surface area contributed by atoms with Crippen LogP contribution in [0, 0.1) is 0 Å². The smallest absolute Gasteiger partial charge is 0.306 e. The van der Waals surface area contributed by atoms with Crippen molar-refractivity contribution in [2.75, 3.05) is 13.7 Å². The summed E-state index contributed by atoms with van der Waals surface area (Å²) in [5.41, 5.74) is 2.38. The summed E-state index contributed by atoms with van der Waals surface area (Å²) in [6.07, 6.45) is 3.48. The minimum absolute atomic E-state index is 0.101. The van der Waals surface area contributed by atoms with E-state index in [-0.39, 0.29) is 11.9 Å². The fourth-order valence-electron chi connectivity index (χ4n) is 2.80. The Morgan fingerprint density at radius 3 is 3.00 bits per heavy atom. The van der Waals surface area contributed by atoms with E-state index >= 15 is 0 Å². The first-order valence-electron chi connectivity index (χ1n) is 6.47. The Bertz CT molecular complexity index is 630. The molecular formula is C15H17NO3. The molecule has 2 aromatic rings. The molecule has 1 atom stereocenters. The first-order chi connectivity index (χ1) is 9.19. The molecule has 2 heterocycles. The average Bonchev–Trinajstić information content (AvgIpc) is 2.75. The van der Waals surface area contributed by atoms with E-state index in [1.807, 2.05) is 19.2 Å². The van der Waals surface area contributed by atoms with Crippen LogP contribution in [0.25, 0.3) is 10.9 Å². The number of hydrogen-bond acceptors (Lipinski definition) is 3. The molecule has 0 amide bonds. The minimum atomic E-state index is -0.101. The SMILES string of the molecule is COc1ccc2c(c1)c([C@H]1CCOC(=O)C1)cn2C. The predicted octanol–water partition coefficient (Wildman–Crippen LogP) is 2.61. The lowest BCUT2D eigenvalue weighted by Gasteiger charge is -2.20. The highest BCUT2D eigenvalue weighted by Crippen LogP contribution is 2.35. The van der Waals surface area contributed by atoms with Gasteiger partial charge >= 0.3 is 5.97 Å². The second-order valence-corrected chi connectivity index (χ2v) is 4.99. The van der Waals surface area contributed by atoms with E-state index in [2.05, 4.69) is 16.8 Å². The molecule has 1 aliphatic rings. The lowest BCUT2D eigenvalue weighted by Crippen LogP contribution is -2.19. The molecule has 1 aromatic heterocycles. The van der Waals surface area contributed by atoms with Crippen LogP contribution >= 0.6 is 0 Å². The zero-order chi connectivity index (χ0) is 13.4. The van der Waals surface area contributed by atoms with Crippen LogP contribution in [0.2, 0.25) is 0 Å². The second kappa shape index (κ2) is 4.61. The van der Waals surface area contributed by atoms with Crippen molar-refractivity contribution in [2.24, 2.45) is 7.05 Å². The molecule has 0 radical (unpaired) electrons. The Hall–Kier alpha value is -1.97. The highest BCUT2D eigenvalue weighted by atomic mass is 16.5. The lowest BCUT2D eigenvalue weighted by atomic mass is 9.91. The van der Waals surface area contributed by atoms with Crippen LogP contribution in [0.5, 0.6) is 5.75 Å². The molecule has 0 bridgehead atoms. The fraction of sp³-hybridized carbons (Fsp3) is 0.400. The first-order valence-corrected chi connectivity index (χ1v) is 6.47. The Balaban J connectivity index is 2.09. The topological polar surface area (TPSA) is 40.5 Å². The summed E-state index contributed by atoms with van der Waals surface area (Å²) < 4.78 is 12.4. The van der Waals surface area contributed by atoms with E-state index in [9.17, 15) is 4.79 Å².